The number of amides is 1. The Labute approximate surface area is 141 Å². The fourth-order valence-corrected chi connectivity index (χ4v) is 2.09. The van der Waals surface area contributed by atoms with Gasteiger partial charge in [0.05, 0.1) is 30.1 Å². The predicted molar refractivity (Wildman–Crippen MR) is 92.5 cm³/mol. The molecule has 0 aliphatic carbocycles. The number of pyridine rings is 1. The van der Waals surface area contributed by atoms with E-state index in [1.807, 2.05) is 0 Å². The summed E-state index contributed by atoms with van der Waals surface area (Å²) in [5.41, 5.74) is 2.46. The molecule has 6 nitrogen and oxygen atoms in total. The molecule has 1 aromatic heterocycles. The maximum Gasteiger partial charge on any atom is 0.337 e. The van der Waals surface area contributed by atoms with Crippen LogP contribution < -0.4 is 10.6 Å². The molecule has 2 aromatic rings. The van der Waals surface area contributed by atoms with E-state index in [-0.39, 0.29) is 11.9 Å². The van der Waals surface area contributed by atoms with Gasteiger partial charge in [0.2, 0.25) is 0 Å². The fourth-order valence-electron chi connectivity index (χ4n) is 2.09. The third-order valence-corrected chi connectivity index (χ3v) is 3.41. The van der Waals surface area contributed by atoms with Crippen LogP contribution in [-0.2, 0) is 4.74 Å². The smallest absolute Gasteiger partial charge is 0.337 e. The molecule has 126 valence electrons. The van der Waals surface area contributed by atoms with Crippen LogP contribution in [0.5, 0.6) is 0 Å². The summed E-state index contributed by atoms with van der Waals surface area (Å²) in [7, 11) is 1.34. The van der Waals surface area contributed by atoms with Crippen LogP contribution in [0, 0.1) is 0 Å². The van der Waals surface area contributed by atoms with Crippen molar-refractivity contribution in [3.05, 3.63) is 53.9 Å². The first-order valence-corrected chi connectivity index (χ1v) is 7.82. The number of unbranched alkanes of at least 4 members (excludes halogenated alkanes) is 1. The number of esters is 1. The highest BCUT2D eigenvalue weighted by Gasteiger charge is 2.07. The van der Waals surface area contributed by atoms with E-state index in [1.165, 1.54) is 13.3 Å². The van der Waals surface area contributed by atoms with E-state index in [9.17, 15) is 9.59 Å². The summed E-state index contributed by atoms with van der Waals surface area (Å²) in [4.78, 5) is 27.6. The molecule has 0 spiro atoms. The van der Waals surface area contributed by atoms with Crippen LogP contribution in [0.1, 0.15) is 40.5 Å². The number of nitrogens with one attached hydrogen (secondary N) is 2. The van der Waals surface area contributed by atoms with E-state index < -0.39 is 0 Å². The maximum absolute atomic E-state index is 12.0. The zero-order chi connectivity index (χ0) is 17.4. The normalized spacial score (nSPS) is 10.1. The minimum Gasteiger partial charge on any atom is -0.465 e. The molecule has 0 atom stereocenters. The van der Waals surface area contributed by atoms with Crippen LogP contribution in [0.4, 0.5) is 11.4 Å². The number of rotatable bonds is 7. The highest BCUT2D eigenvalue weighted by atomic mass is 16.5. The van der Waals surface area contributed by atoms with E-state index in [1.54, 1.807) is 36.5 Å². The number of carbonyl (C=O) groups is 2. The van der Waals surface area contributed by atoms with Crippen LogP contribution in [0.3, 0.4) is 0 Å². The molecule has 1 heterocycles. The number of nitrogens with zero attached hydrogens (tertiary/aromatic N) is 1. The Morgan fingerprint density at radius 1 is 1.08 bits per heavy atom. The highest BCUT2D eigenvalue weighted by molar-refractivity contribution is 5.95. The highest BCUT2D eigenvalue weighted by Crippen LogP contribution is 2.17. The largest absolute Gasteiger partial charge is 0.465 e. The lowest BCUT2D eigenvalue weighted by Gasteiger charge is -2.09. The van der Waals surface area contributed by atoms with Crippen LogP contribution >= 0.6 is 0 Å². The summed E-state index contributed by atoms with van der Waals surface area (Å²) in [5, 5.41) is 6.02. The first-order chi connectivity index (χ1) is 11.6. The minimum atomic E-state index is -0.381. The molecule has 0 bridgehead atoms. The summed E-state index contributed by atoms with van der Waals surface area (Å²) < 4.78 is 4.66. The van der Waals surface area contributed by atoms with Gasteiger partial charge in [0, 0.05) is 18.4 Å². The van der Waals surface area contributed by atoms with E-state index in [4.69, 9.17) is 0 Å². The molecule has 2 rings (SSSR count). The van der Waals surface area contributed by atoms with Crippen LogP contribution in [0.2, 0.25) is 0 Å². The molecular formula is C18H21N3O3. The number of methoxy groups -OCH3 is 1. The minimum absolute atomic E-state index is 0.138. The second kappa shape index (κ2) is 8.67. The van der Waals surface area contributed by atoms with Gasteiger partial charge in [-0.1, -0.05) is 13.3 Å². The van der Waals surface area contributed by atoms with Gasteiger partial charge in [-0.3, -0.25) is 9.78 Å². The van der Waals surface area contributed by atoms with Gasteiger partial charge in [0.1, 0.15) is 0 Å². The van der Waals surface area contributed by atoms with Gasteiger partial charge in [-0.2, -0.15) is 0 Å². The molecular weight excluding hydrogens is 306 g/mol. The summed E-state index contributed by atoms with van der Waals surface area (Å²) in [5.74, 6) is -0.519. The van der Waals surface area contributed by atoms with Crippen molar-refractivity contribution in [2.45, 2.75) is 19.8 Å². The van der Waals surface area contributed by atoms with Gasteiger partial charge >= 0.3 is 5.97 Å². The predicted octanol–water partition coefficient (Wildman–Crippen LogP) is 3.14. The molecule has 0 radical (unpaired) electrons. The van der Waals surface area contributed by atoms with Crippen molar-refractivity contribution in [1.82, 2.24) is 10.3 Å². The SMILES string of the molecule is CCCCNC(=O)c1cncc(Nc2ccc(C(=O)OC)cc2)c1. The molecule has 0 saturated heterocycles. The van der Waals surface area contributed by atoms with Gasteiger partial charge in [0.15, 0.2) is 0 Å². The Kier molecular flexibility index (Phi) is 6.31. The molecule has 0 aliphatic heterocycles. The number of ether oxygens (including phenoxy) is 1. The molecule has 1 aromatic carbocycles. The molecule has 0 unspecified atom stereocenters. The van der Waals surface area contributed by atoms with Crippen LogP contribution in [-0.4, -0.2) is 30.5 Å². The van der Waals surface area contributed by atoms with Crippen LogP contribution in [0.15, 0.2) is 42.7 Å². The average Bonchev–Trinajstić information content (AvgIpc) is 2.62. The Hall–Kier alpha value is -2.89. The van der Waals surface area contributed by atoms with Gasteiger partial charge < -0.3 is 15.4 Å². The van der Waals surface area contributed by atoms with Crippen molar-refractivity contribution in [2.24, 2.45) is 0 Å². The molecule has 0 fully saturated rings. The number of carbonyl (C=O) groups excluding carboxylic acids is 2. The lowest BCUT2D eigenvalue weighted by atomic mass is 10.2. The van der Waals surface area contributed by atoms with E-state index >= 15 is 0 Å². The topological polar surface area (TPSA) is 80.3 Å². The maximum atomic E-state index is 12.0. The zero-order valence-electron chi connectivity index (χ0n) is 13.8. The Morgan fingerprint density at radius 3 is 2.50 bits per heavy atom. The van der Waals surface area contributed by atoms with Gasteiger partial charge in [-0.05, 0) is 36.8 Å². The zero-order valence-corrected chi connectivity index (χ0v) is 13.8. The molecule has 2 N–H and O–H groups in total. The number of hydrogen-bond acceptors (Lipinski definition) is 5. The second-order valence-corrected chi connectivity index (χ2v) is 5.27. The van der Waals surface area contributed by atoms with E-state index in [0.717, 1.165) is 18.5 Å². The summed E-state index contributed by atoms with van der Waals surface area (Å²) in [6.07, 6.45) is 5.15. The summed E-state index contributed by atoms with van der Waals surface area (Å²) in [6.45, 7) is 2.73. The quantitative estimate of drug-likeness (QED) is 0.603. The van der Waals surface area contributed by atoms with Crippen molar-refractivity contribution in [1.29, 1.82) is 0 Å². The molecule has 1 amide bonds. The standard InChI is InChI=1S/C18H21N3O3/c1-3-4-9-20-17(22)14-10-16(12-19-11-14)21-15-7-5-13(6-8-15)18(23)24-2/h5-8,10-12,21H,3-4,9H2,1-2H3,(H,20,22). The van der Waals surface area contributed by atoms with E-state index in [2.05, 4.69) is 27.3 Å². The Morgan fingerprint density at radius 2 is 1.83 bits per heavy atom. The lowest BCUT2D eigenvalue weighted by Crippen LogP contribution is -2.24. The number of benzene rings is 1. The van der Waals surface area contributed by atoms with Crippen molar-refractivity contribution < 1.29 is 14.3 Å². The first-order valence-electron chi connectivity index (χ1n) is 7.82. The Balaban J connectivity index is 2.03. The number of hydrogen-bond donors (Lipinski definition) is 2. The van der Waals surface area contributed by atoms with Gasteiger partial charge in [0.25, 0.3) is 5.91 Å². The van der Waals surface area contributed by atoms with E-state index in [0.29, 0.717) is 23.4 Å². The third-order valence-electron chi connectivity index (χ3n) is 3.41. The molecule has 0 saturated carbocycles. The van der Waals surface area contributed by atoms with Crippen molar-refractivity contribution in [2.75, 3.05) is 19.0 Å². The first kappa shape index (κ1) is 17.5. The van der Waals surface area contributed by atoms with Gasteiger partial charge in [-0.15, -0.1) is 0 Å². The number of anilines is 2. The Bertz CT molecular complexity index is 699. The third kappa shape index (κ3) is 4.81. The molecule has 0 aliphatic rings. The second-order valence-electron chi connectivity index (χ2n) is 5.27. The van der Waals surface area contributed by atoms with Crippen molar-refractivity contribution >= 4 is 23.3 Å². The van der Waals surface area contributed by atoms with Crippen molar-refractivity contribution in [3.8, 4) is 0 Å². The summed E-state index contributed by atoms with van der Waals surface area (Å²) in [6, 6.07) is 8.61. The lowest BCUT2D eigenvalue weighted by molar-refractivity contribution is 0.0600. The average molecular weight is 327 g/mol. The summed E-state index contributed by atoms with van der Waals surface area (Å²) >= 11 is 0. The molecule has 6 heteroatoms. The van der Waals surface area contributed by atoms with Crippen molar-refractivity contribution in [3.63, 3.8) is 0 Å². The van der Waals surface area contributed by atoms with Crippen LogP contribution in [0.25, 0.3) is 0 Å². The fraction of sp³-hybridized carbons (Fsp3) is 0.278. The van der Waals surface area contributed by atoms with Gasteiger partial charge in [-0.25, -0.2) is 4.79 Å². The monoisotopic (exact) mass is 327 g/mol. The number of aromatic nitrogens is 1. The molecule has 24 heavy (non-hydrogen) atoms.